The molecule has 32 valence electrons. The topological polar surface area (TPSA) is 33.0 Å². The smallest absolute Gasteiger partial charge is 0.257 e. The summed E-state index contributed by atoms with van der Waals surface area (Å²) in [5, 5.41) is 7.87. The fraction of sp³-hybridized carbons (Fsp3) is 0.667. The van der Waals surface area contributed by atoms with E-state index >= 15 is 0 Å². The first-order valence-corrected chi connectivity index (χ1v) is 1.77. The van der Waals surface area contributed by atoms with Crippen molar-refractivity contribution in [2.24, 2.45) is 0 Å². The molecule has 2 nitrogen and oxygen atoms in total. The molecule has 0 spiro atoms. The van der Waals surface area contributed by atoms with Gasteiger partial charge in [0.25, 0.3) is 8.05 Å². The molecule has 0 heterocycles. The lowest BCUT2D eigenvalue weighted by atomic mass is 10.5. The lowest BCUT2D eigenvalue weighted by Gasteiger charge is -1.83. The summed E-state index contributed by atoms with van der Waals surface area (Å²) in [5.41, 5.74) is 0. The molecule has 0 saturated carbocycles. The quantitative estimate of drug-likeness (QED) is 0.332. The number of nitrogens with zero attached hydrogens (tertiary/aromatic N) is 1. The van der Waals surface area contributed by atoms with Crippen molar-refractivity contribution in [2.75, 3.05) is 6.61 Å². The van der Waals surface area contributed by atoms with Gasteiger partial charge in [0, 0.05) is 6.61 Å². The van der Waals surface area contributed by atoms with Crippen LogP contribution in [0.15, 0.2) is 0 Å². The van der Waals surface area contributed by atoms with Crippen LogP contribution in [0, 0.1) is 11.3 Å². The van der Waals surface area contributed by atoms with Gasteiger partial charge in [0.2, 0.25) is 0 Å². The highest BCUT2D eigenvalue weighted by Gasteiger charge is 1.73. The zero-order valence-electron chi connectivity index (χ0n) is 3.77. The first kappa shape index (κ1) is 5.51. The Morgan fingerprint density at radius 1 is 1.83 bits per heavy atom. The van der Waals surface area contributed by atoms with Crippen molar-refractivity contribution < 1.29 is 4.65 Å². The molecule has 0 aromatic rings. The Labute approximate surface area is 38.2 Å². The lowest BCUT2D eigenvalue weighted by molar-refractivity contribution is 0.360. The molecule has 0 aliphatic rings. The van der Waals surface area contributed by atoms with E-state index in [-0.39, 0.29) is 0 Å². The van der Waals surface area contributed by atoms with Gasteiger partial charge in [0.05, 0.1) is 12.5 Å². The van der Waals surface area contributed by atoms with Crippen molar-refractivity contribution in [3.8, 4) is 6.07 Å². The van der Waals surface area contributed by atoms with Gasteiger partial charge in [-0.3, -0.25) is 0 Å². The molecular formula is C3H6BNO. The van der Waals surface area contributed by atoms with Gasteiger partial charge in [-0.2, -0.15) is 5.26 Å². The second-order valence-electron chi connectivity index (χ2n) is 0.901. The maximum atomic E-state index is 7.87. The van der Waals surface area contributed by atoms with E-state index in [0.29, 0.717) is 13.0 Å². The van der Waals surface area contributed by atoms with E-state index in [1.807, 2.05) is 6.07 Å². The molecule has 0 aliphatic heterocycles. The third-order valence-electron chi connectivity index (χ3n) is 0.418. The monoisotopic (exact) mass is 83.1 g/mol. The highest BCUT2D eigenvalue weighted by Crippen LogP contribution is 1.70. The Morgan fingerprint density at radius 2 is 2.50 bits per heavy atom. The van der Waals surface area contributed by atoms with E-state index in [9.17, 15) is 0 Å². The lowest BCUT2D eigenvalue weighted by Crippen LogP contribution is -1.84. The van der Waals surface area contributed by atoms with E-state index in [1.165, 1.54) is 0 Å². The summed E-state index contributed by atoms with van der Waals surface area (Å²) in [5.74, 6) is 0. The molecule has 3 heteroatoms. The number of hydrogen-bond acceptors (Lipinski definition) is 2. The maximum absolute atomic E-state index is 7.87. The highest BCUT2D eigenvalue weighted by molar-refractivity contribution is 5.97. The maximum Gasteiger partial charge on any atom is 0.257 e. The summed E-state index contributed by atoms with van der Waals surface area (Å²) in [6, 6.07) is 1.94. The molecule has 0 atom stereocenters. The Hall–Kier alpha value is -0.485. The van der Waals surface area contributed by atoms with Crippen LogP contribution in [-0.4, -0.2) is 14.7 Å². The van der Waals surface area contributed by atoms with E-state index < -0.39 is 0 Å². The van der Waals surface area contributed by atoms with Crippen LogP contribution in [0.5, 0.6) is 0 Å². The highest BCUT2D eigenvalue weighted by atomic mass is 16.4. The Morgan fingerprint density at radius 3 is 2.67 bits per heavy atom. The molecule has 0 radical (unpaired) electrons. The third kappa shape index (κ3) is 3.51. The minimum Gasteiger partial charge on any atom is -0.443 e. The van der Waals surface area contributed by atoms with Gasteiger partial charge in [-0.05, 0) is 0 Å². The third-order valence-corrected chi connectivity index (χ3v) is 0.418. The van der Waals surface area contributed by atoms with Gasteiger partial charge in [-0.25, -0.2) is 0 Å². The van der Waals surface area contributed by atoms with Gasteiger partial charge in [-0.15, -0.1) is 0 Å². The molecule has 0 fully saturated rings. The van der Waals surface area contributed by atoms with Crippen molar-refractivity contribution in [3.63, 3.8) is 0 Å². The molecule has 0 unspecified atom stereocenters. The van der Waals surface area contributed by atoms with Crippen molar-refractivity contribution in [2.45, 2.75) is 6.42 Å². The molecule has 0 N–H and O–H groups in total. The van der Waals surface area contributed by atoms with Gasteiger partial charge < -0.3 is 4.65 Å². The predicted octanol–water partition coefficient (Wildman–Crippen LogP) is -0.535. The van der Waals surface area contributed by atoms with Crippen LogP contribution in [0.4, 0.5) is 0 Å². The van der Waals surface area contributed by atoms with Crippen molar-refractivity contribution >= 4 is 8.05 Å². The van der Waals surface area contributed by atoms with Crippen LogP contribution < -0.4 is 0 Å². The summed E-state index contributed by atoms with van der Waals surface area (Å²) in [6.07, 6.45) is 0.497. The van der Waals surface area contributed by atoms with Crippen LogP contribution in [-0.2, 0) is 4.65 Å². The second-order valence-corrected chi connectivity index (χ2v) is 0.901. The SMILES string of the molecule is BOCCC#N. The summed E-state index contributed by atoms with van der Waals surface area (Å²) in [4.78, 5) is 0. The molecule has 0 aromatic heterocycles. The first-order chi connectivity index (χ1) is 2.91. The first-order valence-electron chi connectivity index (χ1n) is 1.77. The number of nitriles is 1. The van der Waals surface area contributed by atoms with E-state index in [0.717, 1.165) is 0 Å². The zero-order chi connectivity index (χ0) is 4.83. The average molecular weight is 82.9 g/mol. The van der Waals surface area contributed by atoms with Crippen LogP contribution in [0.2, 0.25) is 0 Å². The van der Waals surface area contributed by atoms with Gasteiger partial charge in [0.1, 0.15) is 0 Å². The van der Waals surface area contributed by atoms with Crippen molar-refractivity contribution in [3.05, 3.63) is 0 Å². The zero-order valence-corrected chi connectivity index (χ0v) is 3.77. The summed E-state index contributed by atoms with van der Waals surface area (Å²) < 4.78 is 4.56. The normalized spacial score (nSPS) is 7.17. The molecular weight excluding hydrogens is 76.9 g/mol. The van der Waals surface area contributed by atoms with E-state index in [1.54, 1.807) is 8.05 Å². The Bertz CT molecular complexity index is 58.3. The Kier molecular flexibility index (Phi) is 4.15. The molecule has 0 bridgehead atoms. The van der Waals surface area contributed by atoms with Crippen LogP contribution in [0.25, 0.3) is 0 Å². The van der Waals surface area contributed by atoms with Crippen molar-refractivity contribution in [1.82, 2.24) is 0 Å². The largest absolute Gasteiger partial charge is 0.443 e. The van der Waals surface area contributed by atoms with Crippen LogP contribution in [0.1, 0.15) is 6.42 Å². The molecule has 0 rings (SSSR count). The minimum atomic E-state index is 0.497. The Balaban J connectivity index is 2.54. The minimum absolute atomic E-state index is 0.497. The van der Waals surface area contributed by atoms with Gasteiger partial charge >= 0.3 is 0 Å². The summed E-state index contributed by atoms with van der Waals surface area (Å²) in [7, 11) is 1.58. The van der Waals surface area contributed by atoms with Crippen LogP contribution >= 0.6 is 0 Å². The summed E-state index contributed by atoms with van der Waals surface area (Å²) >= 11 is 0. The van der Waals surface area contributed by atoms with E-state index in [4.69, 9.17) is 5.26 Å². The molecule has 0 aromatic carbocycles. The standard InChI is InChI=1S/C3H6BNO/c4-6-3-1-2-5/h1,3-4H2. The second kappa shape index (κ2) is 4.51. The van der Waals surface area contributed by atoms with Crippen molar-refractivity contribution in [1.29, 1.82) is 5.26 Å². The molecule has 0 amide bonds. The fourth-order valence-electron chi connectivity index (χ4n) is 0.148. The fourth-order valence-corrected chi connectivity index (χ4v) is 0.148. The number of rotatable bonds is 2. The van der Waals surface area contributed by atoms with Gasteiger partial charge in [0.15, 0.2) is 0 Å². The molecule has 6 heavy (non-hydrogen) atoms. The average Bonchev–Trinajstić information content (AvgIpc) is 1.61. The summed E-state index contributed by atoms with van der Waals surface area (Å²) in [6.45, 7) is 0.552. The molecule has 0 saturated heterocycles. The van der Waals surface area contributed by atoms with Gasteiger partial charge in [-0.1, -0.05) is 0 Å². The number of hydrogen-bond donors (Lipinski definition) is 0. The predicted molar refractivity (Wildman–Crippen MR) is 24.7 cm³/mol. The molecule has 0 aliphatic carbocycles. The van der Waals surface area contributed by atoms with E-state index in [2.05, 4.69) is 4.65 Å². The van der Waals surface area contributed by atoms with Crippen LogP contribution in [0.3, 0.4) is 0 Å².